The third kappa shape index (κ3) is 15.9. The molecule has 0 heterocycles. The molecule has 0 saturated heterocycles. The van der Waals surface area contributed by atoms with Crippen LogP contribution in [-0.4, -0.2) is 36.3 Å². The molecule has 0 aromatic carbocycles. The zero-order valence-electron chi connectivity index (χ0n) is 15.5. The number of alkyl carbamates (subject to hydrolysis) is 1. The van der Waals surface area contributed by atoms with Gasteiger partial charge in [-0.3, -0.25) is 4.99 Å². The highest BCUT2D eigenvalue weighted by Crippen LogP contribution is 2.09. The highest BCUT2D eigenvalue weighted by molar-refractivity contribution is 14.0. The molecule has 0 rings (SSSR count). The van der Waals surface area contributed by atoms with Crippen LogP contribution in [0, 0.1) is 0 Å². The average molecular weight is 442 g/mol. The summed E-state index contributed by atoms with van der Waals surface area (Å²) in [5, 5.41) is 5.89. The molecular formula is C16H35IN4O2. The van der Waals surface area contributed by atoms with Crippen LogP contribution in [0.5, 0.6) is 0 Å². The van der Waals surface area contributed by atoms with Crippen LogP contribution in [0.2, 0.25) is 0 Å². The number of aliphatic imine (C=N–C) groups is 1. The molecule has 0 unspecified atom stereocenters. The van der Waals surface area contributed by atoms with Crippen LogP contribution in [-0.2, 0) is 4.74 Å². The zero-order chi connectivity index (χ0) is 17.2. The number of hydrogen-bond donors (Lipinski definition) is 3. The quantitative estimate of drug-likeness (QED) is 0.233. The van der Waals surface area contributed by atoms with Crippen molar-refractivity contribution in [2.45, 2.75) is 78.4 Å². The molecule has 23 heavy (non-hydrogen) atoms. The molecule has 0 atom stereocenters. The van der Waals surface area contributed by atoms with Gasteiger partial charge in [-0.25, -0.2) is 4.79 Å². The predicted molar refractivity (Wildman–Crippen MR) is 107 cm³/mol. The number of rotatable bonds is 8. The van der Waals surface area contributed by atoms with Gasteiger partial charge in [-0.15, -0.1) is 24.0 Å². The summed E-state index contributed by atoms with van der Waals surface area (Å²) in [6.45, 7) is 12.7. The molecule has 0 aliphatic carbocycles. The number of nitrogens with zero attached hydrogens (tertiary/aromatic N) is 1. The van der Waals surface area contributed by atoms with Crippen molar-refractivity contribution in [3.05, 3.63) is 0 Å². The van der Waals surface area contributed by atoms with E-state index < -0.39 is 17.2 Å². The number of carbonyl (C=O) groups is 1. The van der Waals surface area contributed by atoms with Gasteiger partial charge in [0.15, 0.2) is 5.96 Å². The second kappa shape index (κ2) is 11.8. The van der Waals surface area contributed by atoms with Gasteiger partial charge in [-0.2, -0.15) is 0 Å². The number of amides is 1. The highest BCUT2D eigenvalue weighted by atomic mass is 127. The van der Waals surface area contributed by atoms with E-state index in [9.17, 15) is 4.79 Å². The van der Waals surface area contributed by atoms with E-state index in [1.807, 2.05) is 34.6 Å². The van der Waals surface area contributed by atoms with Crippen molar-refractivity contribution in [3.63, 3.8) is 0 Å². The van der Waals surface area contributed by atoms with Crippen LogP contribution < -0.4 is 16.4 Å². The van der Waals surface area contributed by atoms with Crippen molar-refractivity contribution in [3.8, 4) is 0 Å². The summed E-state index contributed by atoms with van der Waals surface area (Å²) in [6, 6.07) is 0. The molecule has 0 aliphatic rings. The molecule has 0 aromatic rings. The van der Waals surface area contributed by atoms with Crippen LogP contribution in [0.15, 0.2) is 4.99 Å². The molecule has 4 N–H and O–H groups in total. The van der Waals surface area contributed by atoms with E-state index in [-0.39, 0.29) is 24.0 Å². The van der Waals surface area contributed by atoms with E-state index >= 15 is 0 Å². The first-order valence-corrected chi connectivity index (χ1v) is 8.11. The first-order chi connectivity index (χ1) is 10.1. The summed E-state index contributed by atoms with van der Waals surface area (Å²) < 4.78 is 5.24. The van der Waals surface area contributed by atoms with Gasteiger partial charge in [0.2, 0.25) is 0 Å². The van der Waals surface area contributed by atoms with E-state index in [0.29, 0.717) is 12.5 Å². The summed E-state index contributed by atoms with van der Waals surface area (Å²) in [5.41, 5.74) is 4.79. The Balaban J connectivity index is 0. The molecule has 0 bridgehead atoms. The largest absolute Gasteiger partial charge is 0.444 e. The second-order valence-corrected chi connectivity index (χ2v) is 7.20. The van der Waals surface area contributed by atoms with Crippen LogP contribution in [0.4, 0.5) is 4.79 Å². The van der Waals surface area contributed by atoms with Gasteiger partial charge in [-0.1, -0.05) is 26.2 Å². The summed E-state index contributed by atoms with van der Waals surface area (Å²) in [5.74, 6) is 0.413. The van der Waals surface area contributed by atoms with Gasteiger partial charge in [-0.05, 0) is 41.0 Å². The fourth-order valence-electron chi connectivity index (χ4n) is 1.73. The van der Waals surface area contributed by atoms with Crippen molar-refractivity contribution in [1.82, 2.24) is 10.6 Å². The molecule has 7 heteroatoms. The van der Waals surface area contributed by atoms with Crippen molar-refractivity contribution in [1.29, 1.82) is 0 Å². The minimum atomic E-state index is -0.517. The van der Waals surface area contributed by atoms with Crippen LogP contribution in [0.25, 0.3) is 0 Å². The number of nitrogens with one attached hydrogen (secondary N) is 2. The third-order valence-electron chi connectivity index (χ3n) is 2.82. The summed E-state index contributed by atoms with van der Waals surface area (Å²) in [6.07, 6.45) is 4.30. The summed E-state index contributed by atoms with van der Waals surface area (Å²) in [7, 11) is 0. The Morgan fingerprint density at radius 3 is 2.26 bits per heavy atom. The van der Waals surface area contributed by atoms with Crippen molar-refractivity contribution in [2.24, 2.45) is 10.7 Å². The standard InChI is InChI=1S/C16H34N4O2.HI/c1-7-8-9-10-11-18-13(17)19-12-16(5,6)20-14(21)22-15(2,3)4;/h7-12H2,1-6H3,(H,20,21)(H3,17,18,19);1H. The maximum absolute atomic E-state index is 11.8. The fraction of sp³-hybridized carbons (Fsp3) is 0.875. The number of unbranched alkanes of at least 4 members (excludes halogenated alkanes) is 3. The minimum absolute atomic E-state index is 0. The Morgan fingerprint density at radius 2 is 1.74 bits per heavy atom. The Labute approximate surface area is 158 Å². The average Bonchev–Trinajstić information content (AvgIpc) is 2.33. The predicted octanol–water partition coefficient (Wildman–Crippen LogP) is 3.39. The van der Waals surface area contributed by atoms with E-state index in [1.165, 1.54) is 19.3 Å². The van der Waals surface area contributed by atoms with E-state index in [1.54, 1.807) is 0 Å². The lowest BCUT2D eigenvalue weighted by Gasteiger charge is -2.27. The molecule has 1 amide bonds. The van der Waals surface area contributed by atoms with E-state index in [0.717, 1.165) is 13.0 Å². The van der Waals surface area contributed by atoms with Crippen LogP contribution >= 0.6 is 24.0 Å². The Kier molecular flexibility index (Phi) is 12.5. The monoisotopic (exact) mass is 442 g/mol. The molecule has 0 aromatic heterocycles. The lowest BCUT2D eigenvalue weighted by atomic mass is 10.1. The lowest BCUT2D eigenvalue weighted by molar-refractivity contribution is 0.0476. The lowest BCUT2D eigenvalue weighted by Crippen LogP contribution is -2.48. The molecule has 0 aliphatic heterocycles. The van der Waals surface area contributed by atoms with Crippen molar-refractivity contribution in [2.75, 3.05) is 13.1 Å². The van der Waals surface area contributed by atoms with Crippen LogP contribution in [0.1, 0.15) is 67.2 Å². The summed E-state index contributed by atoms with van der Waals surface area (Å²) in [4.78, 5) is 16.0. The number of nitrogens with two attached hydrogens (primary N) is 1. The third-order valence-corrected chi connectivity index (χ3v) is 2.82. The smallest absolute Gasteiger partial charge is 0.408 e. The minimum Gasteiger partial charge on any atom is -0.444 e. The molecule has 138 valence electrons. The van der Waals surface area contributed by atoms with Crippen molar-refractivity contribution < 1.29 is 9.53 Å². The molecule has 0 fully saturated rings. The second-order valence-electron chi connectivity index (χ2n) is 7.20. The van der Waals surface area contributed by atoms with Gasteiger partial charge < -0.3 is 21.1 Å². The summed E-state index contributed by atoms with van der Waals surface area (Å²) >= 11 is 0. The molecule has 0 radical (unpaired) electrons. The first-order valence-electron chi connectivity index (χ1n) is 8.11. The van der Waals surface area contributed by atoms with Gasteiger partial charge in [0.1, 0.15) is 5.60 Å². The number of halogens is 1. The maximum Gasteiger partial charge on any atom is 0.408 e. The fourth-order valence-corrected chi connectivity index (χ4v) is 1.73. The van der Waals surface area contributed by atoms with Gasteiger partial charge in [0.05, 0.1) is 12.1 Å². The first kappa shape index (κ1) is 24.5. The van der Waals surface area contributed by atoms with Gasteiger partial charge in [0.25, 0.3) is 0 Å². The van der Waals surface area contributed by atoms with E-state index in [2.05, 4.69) is 22.5 Å². The number of guanidine groups is 1. The maximum atomic E-state index is 11.8. The number of hydrogen-bond acceptors (Lipinski definition) is 3. The molecule has 0 saturated carbocycles. The van der Waals surface area contributed by atoms with Crippen molar-refractivity contribution >= 4 is 36.0 Å². The topological polar surface area (TPSA) is 88.7 Å². The number of ether oxygens (including phenoxy) is 1. The Hall–Kier alpha value is -0.730. The normalized spacial score (nSPS) is 12.3. The number of carbonyl (C=O) groups excluding carboxylic acids is 1. The molecule has 0 spiro atoms. The Bertz CT molecular complexity index is 366. The highest BCUT2D eigenvalue weighted by Gasteiger charge is 2.24. The van der Waals surface area contributed by atoms with Crippen LogP contribution in [0.3, 0.4) is 0 Å². The van der Waals surface area contributed by atoms with Gasteiger partial charge in [0, 0.05) is 6.54 Å². The van der Waals surface area contributed by atoms with E-state index in [4.69, 9.17) is 10.5 Å². The van der Waals surface area contributed by atoms with Gasteiger partial charge >= 0.3 is 6.09 Å². The zero-order valence-corrected chi connectivity index (χ0v) is 17.8. The Morgan fingerprint density at radius 1 is 1.13 bits per heavy atom. The molecule has 6 nitrogen and oxygen atoms in total. The SMILES string of the molecule is CCCCCCNC(N)=NCC(C)(C)NC(=O)OC(C)(C)C.I. The molecular weight excluding hydrogens is 407 g/mol.